The lowest BCUT2D eigenvalue weighted by Gasteiger charge is -2.52. The van der Waals surface area contributed by atoms with Crippen molar-refractivity contribution in [3.05, 3.63) is 346 Å². The fourth-order valence-electron chi connectivity index (χ4n) is 19.2. The van der Waals surface area contributed by atoms with Gasteiger partial charge in [0.15, 0.2) is 0 Å². The number of hydrogen-bond donors (Lipinski definition) is 0. The Morgan fingerprint density at radius 1 is 0.139 bits per heavy atom. The summed E-state index contributed by atoms with van der Waals surface area (Å²) >= 11 is 0. The lowest BCUT2D eigenvalue weighted by molar-refractivity contribution is 1.22. The first-order chi connectivity index (χ1) is 50.2. The molecule has 8 aliphatic heterocycles. The number of hydrogen-bond acceptors (Lipinski definition) is 7. The number of rotatable bonds is 6. The van der Waals surface area contributed by atoms with E-state index >= 15 is 0 Å². The number of para-hydroxylation sites is 10. The molecule has 0 radical (unpaired) electrons. The minimum absolute atomic E-state index is 0.0852. The van der Waals surface area contributed by atoms with Gasteiger partial charge >= 0.3 is 0 Å². The number of benzene rings is 15. The van der Waals surface area contributed by atoms with Crippen LogP contribution in [0, 0.1) is 0 Å². The molecule has 7 nitrogen and oxygen atoms in total. The molecule has 0 saturated heterocycles. The predicted molar refractivity (Wildman–Crippen MR) is 428 cm³/mol. The van der Waals surface area contributed by atoms with Gasteiger partial charge in [-0.05, 0) is 205 Å². The Morgan fingerprint density at radius 2 is 0.347 bits per heavy atom. The van der Waals surface area contributed by atoms with Gasteiger partial charge in [0.2, 0.25) is 0 Å². The molecule has 0 aliphatic carbocycles. The van der Waals surface area contributed by atoms with Crippen LogP contribution in [0.25, 0.3) is 0 Å². The van der Waals surface area contributed by atoms with Crippen LogP contribution in [0.4, 0.5) is 119 Å². The first-order valence-electron chi connectivity index (χ1n) is 35.3. The average Bonchev–Trinajstić information content (AvgIpc) is 0.666. The van der Waals surface area contributed by atoms with Crippen molar-refractivity contribution in [2.75, 3.05) is 34.3 Å². The molecule has 101 heavy (non-hydrogen) atoms. The van der Waals surface area contributed by atoms with Crippen LogP contribution in [0.2, 0.25) is 0 Å². The van der Waals surface area contributed by atoms with Gasteiger partial charge in [-0.15, -0.1) is 0 Å². The standard InChI is InChI=1S/C90H57B4N7/c1-7-29-58(30-8-1)95-72-45-23-19-41-64(72)91-68-53-70-82(55-80(68)97(60-33-11-3-12-34-60)78-51-27-49-76(95)86(78)91)99(62-37-15-5-16-38-62)84-57-85-89-90-88(84)93(70)66-43-21-25-47-74(66)101(90)75-48-26-22-44-67(75)94(89)71-54-69-81(56-83(71)100(85)63-39-17-6-18-40-63)98(61-35-13-4-14-36-61)79-52-28-50-77-87(79)92(69)65-42-20-24-46-73(65)96(77)59-31-9-2-10-32-59/h1-57H. The Balaban J connectivity index is 0.826. The third kappa shape index (κ3) is 7.46. The van der Waals surface area contributed by atoms with Crippen LogP contribution in [-0.4, -0.2) is 26.9 Å². The van der Waals surface area contributed by atoms with E-state index in [0.717, 1.165) is 45.5 Å². The highest BCUT2D eigenvalue weighted by Gasteiger charge is 2.55. The maximum Gasteiger partial charge on any atom is 0.252 e. The van der Waals surface area contributed by atoms with Crippen LogP contribution in [0.15, 0.2) is 346 Å². The van der Waals surface area contributed by atoms with E-state index < -0.39 is 0 Å². The Hall–Kier alpha value is -12.8. The Morgan fingerprint density at radius 3 is 0.634 bits per heavy atom. The highest BCUT2D eigenvalue weighted by Crippen LogP contribution is 2.54. The molecule has 0 atom stereocenters. The summed E-state index contributed by atoms with van der Waals surface area (Å²) in [6.07, 6.45) is 0. The summed E-state index contributed by atoms with van der Waals surface area (Å²) in [6, 6.07) is 131. The van der Waals surface area contributed by atoms with Gasteiger partial charge in [-0.25, -0.2) is 0 Å². The van der Waals surface area contributed by atoms with Gasteiger partial charge in [0.05, 0.1) is 0 Å². The van der Waals surface area contributed by atoms with Gasteiger partial charge in [0.1, 0.15) is 0 Å². The number of nitrogens with zero attached hydrogens (tertiary/aromatic N) is 7. The molecule has 8 heterocycles. The van der Waals surface area contributed by atoms with Crippen molar-refractivity contribution >= 4 is 212 Å². The van der Waals surface area contributed by atoms with Crippen LogP contribution in [0.5, 0.6) is 0 Å². The maximum atomic E-state index is 2.68. The minimum atomic E-state index is -0.166. The highest BCUT2D eigenvalue weighted by atomic mass is 15.2. The molecular weight excluding hydrogens is 1220 g/mol. The fourth-order valence-corrected chi connectivity index (χ4v) is 19.2. The highest BCUT2D eigenvalue weighted by molar-refractivity contribution is 7.07. The van der Waals surface area contributed by atoms with Gasteiger partial charge in [-0.3, -0.25) is 0 Å². The van der Waals surface area contributed by atoms with E-state index in [9.17, 15) is 0 Å². The largest absolute Gasteiger partial charge is 0.312 e. The zero-order valence-electron chi connectivity index (χ0n) is 54.8. The van der Waals surface area contributed by atoms with Gasteiger partial charge < -0.3 is 34.3 Å². The quantitative estimate of drug-likeness (QED) is 0.153. The molecule has 0 unspecified atom stereocenters. The molecule has 15 aromatic carbocycles. The number of fused-ring (bicyclic) bond motifs is 18. The zero-order chi connectivity index (χ0) is 65.7. The molecule has 0 saturated carbocycles. The van der Waals surface area contributed by atoms with Crippen molar-refractivity contribution in [1.82, 2.24) is 0 Å². The second-order valence-electron chi connectivity index (χ2n) is 27.8. The predicted octanol–water partition coefficient (Wildman–Crippen LogP) is 14.5. The molecule has 0 amide bonds. The molecule has 0 fully saturated rings. The molecule has 11 heteroatoms. The van der Waals surface area contributed by atoms with Crippen LogP contribution in [0.1, 0.15) is 0 Å². The normalized spacial score (nSPS) is 14.3. The summed E-state index contributed by atoms with van der Waals surface area (Å²) < 4.78 is 0. The second kappa shape index (κ2) is 20.9. The first-order valence-corrected chi connectivity index (χ1v) is 35.3. The SMILES string of the molecule is c1ccc(N2c3ccccc3B3c4cc5c(cc4N(c4ccccc4)c4cccc2c43)N(c2ccccc2)c2cc3c4c6c2B5c2ccccc2N6c2ccccc2B4c2cc4c(cc2N3c2ccccc2)N(c2ccccc2)c2cccc3c2B4c2ccccc2N3c2ccccc2)cc1. The lowest BCUT2D eigenvalue weighted by atomic mass is 9.27. The summed E-state index contributed by atoms with van der Waals surface area (Å²) in [6.45, 7) is -0.502. The Bertz CT molecular complexity index is 5640. The first kappa shape index (κ1) is 55.2. The third-order valence-electron chi connectivity index (χ3n) is 22.9. The van der Waals surface area contributed by atoms with E-state index in [4.69, 9.17) is 0 Å². The summed E-state index contributed by atoms with van der Waals surface area (Å²) in [4.78, 5) is 18.1. The van der Waals surface area contributed by atoms with Crippen molar-refractivity contribution in [2.45, 2.75) is 0 Å². The lowest BCUT2D eigenvalue weighted by Crippen LogP contribution is -2.70. The van der Waals surface area contributed by atoms with E-state index in [2.05, 4.69) is 380 Å². The Kier molecular flexibility index (Phi) is 11.4. The molecular formula is C90H57B4N7. The third-order valence-corrected chi connectivity index (χ3v) is 22.9. The van der Waals surface area contributed by atoms with Crippen LogP contribution in [-0.2, 0) is 0 Å². The van der Waals surface area contributed by atoms with Gasteiger partial charge in [0, 0.05) is 119 Å². The Labute approximate surface area is 588 Å². The van der Waals surface area contributed by atoms with Gasteiger partial charge in [0.25, 0.3) is 26.9 Å². The monoisotopic (exact) mass is 1280 g/mol. The van der Waals surface area contributed by atoms with E-state index in [1.807, 2.05) is 0 Å². The molecule has 0 N–H and O–H groups in total. The minimum Gasteiger partial charge on any atom is -0.312 e. The van der Waals surface area contributed by atoms with Crippen molar-refractivity contribution in [2.24, 2.45) is 0 Å². The number of anilines is 21. The van der Waals surface area contributed by atoms with Crippen molar-refractivity contribution in [3.63, 3.8) is 0 Å². The van der Waals surface area contributed by atoms with E-state index in [1.54, 1.807) is 0 Å². The maximum absolute atomic E-state index is 2.68. The van der Waals surface area contributed by atoms with E-state index in [-0.39, 0.29) is 26.9 Å². The zero-order valence-corrected chi connectivity index (χ0v) is 54.8. The molecule has 15 aromatic rings. The fraction of sp³-hybridized carbons (Fsp3) is 0. The molecule has 464 valence electrons. The van der Waals surface area contributed by atoms with Crippen molar-refractivity contribution in [3.8, 4) is 0 Å². The molecule has 8 aliphatic rings. The molecule has 0 aromatic heterocycles. The topological polar surface area (TPSA) is 22.7 Å². The van der Waals surface area contributed by atoms with Gasteiger partial charge in [-0.1, -0.05) is 206 Å². The van der Waals surface area contributed by atoms with Crippen molar-refractivity contribution < 1.29 is 0 Å². The average molecular weight is 1280 g/mol. The van der Waals surface area contributed by atoms with Crippen molar-refractivity contribution in [1.29, 1.82) is 0 Å². The molecule has 23 rings (SSSR count). The van der Waals surface area contributed by atoms with Crippen LogP contribution >= 0.6 is 0 Å². The summed E-state index contributed by atoms with van der Waals surface area (Å²) in [5.74, 6) is 0. The van der Waals surface area contributed by atoms with E-state index in [1.165, 1.54) is 139 Å². The van der Waals surface area contributed by atoms with Crippen LogP contribution in [0.3, 0.4) is 0 Å². The smallest absolute Gasteiger partial charge is 0.252 e. The second-order valence-corrected chi connectivity index (χ2v) is 27.8. The molecule has 0 bridgehead atoms. The van der Waals surface area contributed by atoms with Crippen LogP contribution < -0.4 is 99.9 Å². The summed E-state index contributed by atoms with van der Waals surface area (Å²) in [5.41, 5.74) is 40.1. The summed E-state index contributed by atoms with van der Waals surface area (Å²) in [5, 5.41) is 0. The van der Waals surface area contributed by atoms with Gasteiger partial charge in [-0.2, -0.15) is 0 Å². The summed E-state index contributed by atoms with van der Waals surface area (Å²) in [7, 11) is 0. The van der Waals surface area contributed by atoms with E-state index in [0.29, 0.717) is 0 Å². The molecule has 0 spiro atoms.